The van der Waals surface area contributed by atoms with Crippen LogP contribution in [0.2, 0.25) is 0 Å². The van der Waals surface area contributed by atoms with Crippen molar-refractivity contribution in [1.82, 2.24) is 20.6 Å². The Morgan fingerprint density at radius 3 is 2.00 bits per heavy atom. The molecule has 1 N–H and O–H groups in total. The number of allylic oxidation sites excluding steroid dienone is 2. The average molecular weight is 180 g/mol. The molecule has 72 valence electrons. The predicted octanol–water partition coefficient (Wildman–Crippen LogP) is 2.10. The maximum absolute atomic E-state index is 3.31. The van der Waals surface area contributed by atoms with Crippen molar-refractivity contribution in [3.05, 3.63) is 18.5 Å². The minimum atomic E-state index is 1.32. The van der Waals surface area contributed by atoms with Crippen molar-refractivity contribution in [2.75, 3.05) is 0 Å². The summed E-state index contributed by atoms with van der Waals surface area (Å²) in [6.07, 6.45) is 14.4. The fourth-order valence-corrected chi connectivity index (χ4v) is 1.24. The van der Waals surface area contributed by atoms with E-state index >= 15 is 0 Å². The Labute approximate surface area is 78.4 Å². The predicted molar refractivity (Wildman–Crippen MR) is 51.0 cm³/mol. The summed E-state index contributed by atoms with van der Waals surface area (Å²) in [5.41, 5.74) is 0. The van der Waals surface area contributed by atoms with E-state index in [9.17, 15) is 0 Å². The van der Waals surface area contributed by atoms with Gasteiger partial charge < -0.3 is 0 Å². The second kappa shape index (κ2) is 7.46. The highest BCUT2D eigenvalue weighted by Gasteiger charge is 1.89. The van der Waals surface area contributed by atoms with Crippen molar-refractivity contribution in [2.24, 2.45) is 0 Å². The van der Waals surface area contributed by atoms with E-state index in [0.717, 1.165) is 0 Å². The summed E-state index contributed by atoms with van der Waals surface area (Å²) in [5, 5.41) is 12.1. The van der Waals surface area contributed by atoms with Gasteiger partial charge in [0.2, 0.25) is 0 Å². The number of tetrazole rings is 1. The second-order valence-corrected chi connectivity index (χ2v) is 3.03. The van der Waals surface area contributed by atoms with Crippen molar-refractivity contribution in [3.63, 3.8) is 0 Å². The molecule has 2 rings (SSSR count). The molecule has 1 aliphatic rings. The number of rotatable bonds is 0. The molecule has 0 saturated carbocycles. The van der Waals surface area contributed by atoms with Crippen LogP contribution < -0.4 is 0 Å². The van der Waals surface area contributed by atoms with Gasteiger partial charge in [0.1, 0.15) is 6.33 Å². The first-order chi connectivity index (χ1) is 6.50. The van der Waals surface area contributed by atoms with Gasteiger partial charge in [0, 0.05) is 0 Å². The lowest BCUT2D eigenvalue weighted by Crippen LogP contribution is -1.80. The molecule has 0 unspecified atom stereocenters. The van der Waals surface area contributed by atoms with Crippen molar-refractivity contribution in [3.8, 4) is 0 Å². The first-order valence-corrected chi connectivity index (χ1v) is 4.82. The van der Waals surface area contributed by atoms with Crippen LogP contribution in [0.1, 0.15) is 38.5 Å². The molecule has 0 saturated heterocycles. The number of H-pyrrole nitrogens is 1. The second-order valence-electron chi connectivity index (χ2n) is 3.03. The number of hydrogen-bond donors (Lipinski definition) is 1. The molecule has 0 spiro atoms. The number of nitrogens with zero attached hydrogens (tertiary/aromatic N) is 3. The molecule has 4 heteroatoms. The van der Waals surface area contributed by atoms with Crippen LogP contribution in [0.3, 0.4) is 0 Å². The number of nitrogens with one attached hydrogen (secondary N) is 1. The fraction of sp³-hybridized carbons (Fsp3) is 0.667. The standard InChI is InChI=1S/C8H14.CH2N4/c1-2-4-6-8-7-5-3-1;1-2-4-5-3-1/h1-2H,3-8H2;1H,(H,2,3,4,5). The summed E-state index contributed by atoms with van der Waals surface area (Å²) in [4.78, 5) is 0. The highest BCUT2D eigenvalue weighted by molar-refractivity contribution is 4.82. The number of aromatic amines is 1. The third-order valence-electron chi connectivity index (χ3n) is 1.93. The summed E-state index contributed by atoms with van der Waals surface area (Å²) in [7, 11) is 0. The summed E-state index contributed by atoms with van der Waals surface area (Å²) >= 11 is 0. The molecular formula is C9H16N4. The van der Waals surface area contributed by atoms with Crippen molar-refractivity contribution in [2.45, 2.75) is 38.5 Å². The summed E-state index contributed by atoms with van der Waals surface area (Å²) in [5.74, 6) is 0. The topological polar surface area (TPSA) is 54.5 Å². The molecule has 0 atom stereocenters. The van der Waals surface area contributed by atoms with E-state index in [1.165, 1.54) is 44.9 Å². The van der Waals surface area contributed by atoms with Gasteiger partial charge in [-0.3, -0.25) is 0 Å². The first kappa shape index (κ1) is 9.89. The molecule has 1 aliphatic carbocycles. The Morgan fingerprint density at radius 2 is 1.62 bits per heavy atom. The molecule has 0 bridgehead atoms. The molecule has 1 aromatic heterocycles. The van der Waals surface area contributed by atoms with E-state index in [-0.39, 0.29) is 0 Å². The average Bonchev–Trinajstić information content (AvgIpc) is 2.58. The SMILES string of the molecule is C1=CCCCCCC1.c1nnn[nH]1. The highest BCUT2D eigenvalue weighted by Crippen LogP contribution is 2.09. The van der Waals surface area contributed by atoms with Gasteiger partial charge in [0.25, 0.3) is 0 Å². The molecular weight excluding hydrogens is 164 g/mol. The lowest BCUT2D eigenvalue weighted by atomic mass is 10.1. The van der Waals surface area contributed by atoms with Gasteiger partial charge in [-0.1, -0.05) is 25.0 Å². The molecule has 0 fully saturated rings. The van der Waals surface area contributed by atoms with Gasteiger partial charge in [0.05, 0.1) is 0 Å². The molecule has 4 nitrogen and oxygen atoms in total. The van der Waals surface area contributed by atoms with Crippen LogP contribution >= 0.6 is 0 Å². The Balaban J connectivity index is 0.000000145. The smallest absolute Gasteiger partial charge is 0.135 e. The Morgan fingerprint density at radius 1 is 0.923 bits per heavy atom. The zero-order chi connectivity index (χ0) is 9.19. The molecule has 0 amide bonds. The molecule has 1 aromatic rings. The molecule has 1 heterocycles. The summed E-state index contributed by atoms with van der Waals surface area (Å²) in [6.45, 7) is 0. The minimum absolute atomic E-state index is 1.32. The minimum Gasteiger partial charge on any atom is -0.246 e. The van der Waals surface area contributed by atoms with E-state index in [1.54, 1.807) is 0 Å². The van der Waals surface area contributed by atoms with Gasteiger partial charge in [-0.2, -0.15) is 0 Å². The van der Waals surface area contributed by atoms with Crippen LogP contribution in [0.5, 0.6) is 0 Å². The zero-order valence-electron chi connectivity index (χ0n) is 7.82. The number of aromatic nitrogens is 4. The summed E-state index contributed by atoms with van der Waals surface area (Å²) < 4.78 is 0. The van der Waals surface area contributed by atoms with Crippen LogP contribution in [0.15, 0.2) is 18.5 Å². The Kier molecular flexibility index (Phi) is 5.68. The van der Waals surface area contributed by atoms with Crippen molar-refractivity contribution < 1.29 is 0 Å². The van der Waals surface area contributed by atoms with Crippen LogP contribution in [-0.2, 0) is 0 Å². The summed E-state index contributed by atoms with van der Waals surface area (Å²) in [6, 6.07) is 0. The maximum atomic E-state index is 3.31. The lowest BCUT2D eigenvalue weighted by Gasteiger charge is -2.00. The third-order valence-corrected chi connectivity index (χ3v) is 1.93. The van der Waals surface area contributed by atoms with Gasteiger partial charge in [-0.05, 0) is 36.1 Å². The van der Waals surface area contributed by atoms with E-state index < -0.39 is 0 Å². The molecule has 0 aliphatic heterocycles. The lowest BCUT2D eigenvalue weighted by molar-refractivity contribution is 0.638. The van der Waals surface area contributed by atoms with E-state index in [4.69, 9.17) is 0 Å². The van der Waals surface area contributed by atoms with E-state index in [0.29, 0.717) is 0 Å². The highest BCUT2D eigenvalue weighted by atomic mass is 15.5. The van der Waals surface area contributed by atoms with Crippen LogP contribution in [-0.4, -0.2) is 20.6 Å². The quantitative estimate of drug-likeness (QED) is 0.622. The number of hydrogen-bond acceptors (Lipinski definition) is 3. The monoisotopic (exact) mass is 180 g/mol. The van der Waals surface area contributed by atoms with Crippen LogP contribution in [0, 0.1) is 0 Å². The third kappa shape index (κ3) is 6.02. The van der Waals surface area contributed by atoms with Crippen molar-refractivity contribution >= 4 is 0 Å². The molecule has 13 heavy (non-hydrogen) atoms. The largest absolute Gasteiger partial charge is 0.246 e. The van der Waals surface area contributed by atoms with E-state index in [1.807, 2.05) is 0 Å². The normalized spacial score (nSPS) is 16.6. The maximum Gasteiger partial charge on any atom is 0.135 e. The Hall–Kier alpha value is -1.19. The van der Waals surface area contributed by atoms with Crippen LogP contribution in [0.25, 0.3) is 0 Å². The van der Waals surface area contributed by atoms with Gasteiger partial charge in [0.15, 0.2) is 0 Å². The van der Waals surface area contributed by atoms with Gasteiger partial charge in [-0.25, -0.2) is 5.10 Å². The van der Waals surface area contributed by atoms with Crippen molar-refractivity contribution in [1.29, 1.82) is 0 Å². The first-order valence-electron chi connectivity index (χ1n) is 4.82. The van der Waals surface area contributed by atoms with E-state index in [2.05, 4.69) is 32.8 Å². The van der Waals surface area contributed by atoms with Gasteiger partial charge >= 0.3 is 0 Å². The Bertz CT molecular complexity index is 178. The fourth-order valence-electron chi connectivity index (χ4n) is 1.24. The van der Waals surface area contributed by atoms with Crippen LogP contribution in [0.4, 0.5) is 0 Å². The van der Waals surface area contributed by atoms with Gasteiger partial charge in [-0.15, -0.1) is 5.10 Å². The molecule has 0 radical (unpaired) electrons. The zero-order valence-corrected chi connectivity index (χ0v) is 7.82. The molecule has 0 aromatic carbocycles.